The quantitative estimate of drug-likeness (QED) is 0.413. The van der Waals surface area contributed by atoms with Crippen LogP contribution in [0.25, 0.3) is 10.8 Å². The number of carbonyl (C=O) groups is 2. The summed E-state index contributed by atoms with van der Waals surface area (Å²) in [6.45, 7) is 4.09. The number of halogens is 1. The second-order valence-corrected chi connectivity index (χ2v) is 11.8. The Balaban J connectivity index is 1.26. The van der Waals surface area contributed by atoms with Crippen molar-refractivity contribution in [3.8, 4) is 11.6 Å². The molecule has 2 saturated carbocycles. The van der Waals surface area contributed by atoms with Crippen molar-refractivity contribution in [1.82, 2.24) is 20.3 Å². The summed E-state index contributed by atoms with van der Waals surface area (Å²) in [5, 5.41) is 7.36. The van der Waals surface area contributed by atoms with Gasteiger partial charge in [-0.3, -0.25) is 14.3 Å². The first-order chi connectivity index (χ1) is 17.2. The van der Waals surface area contributed by atoms with E-state index in [-0.39, 0.29) is 12.0 Å². The number of aromatic nitrogens is 1. The summed E-state index contributed by atoms with van der Waals surface area (Å²) in [5.74, 6) is -0.506. The molecule has 36 heavy (non-hydrogen) atoms. The van der Waals surface area contributed by atoms with E-state index in [2.05, 4.69) is 26.9 Å². The molecule has 3 N–H and O–H groups in total. The Bertz CT molecular complexity index is 1350. The molecule has 3 fully saturated rings. The van der Waals surface area contributed by atoms with Crippen LogP contribution in [0.5, 0.6) is 11.6 Å². The van der Waals surface area contributed by atoms with Gasteiger partial charge in [-0.25, -0.2) is 13.4 Å². The molecule has 1 aromatic heterocycles. The van der Waals surface area contributed by atoms with E-state index in [4.69, 9.17) is 21.1 Å². The van der Waals surface area contributed by atoms with Crippen LogP contribution in [0.3, 0.4) is 0 Å². The number of amides is 2. The average molecular weight is 535 g/mol. The Labute approximate surface area is 213 Å². The van der Waals surface area contributed by atoms with E-state index in [1.807, 2.05) is 6.07 Å². The van der Waals surface area contributed by atoms with Crippen LogP contribution in [0.4, 0.5) is 0 Å². The van der Waals surface area contributed by atoms with Crippen molar-refractivity contribution in [3.05, 3.63) is 42.1 Å². The molecule has 10 nitrogen and oxygen atoms in total. The number of methoxy groups -OCH3 is 1. The zero-order valence-electron chi connectivity index (χ0n) is 19.6. The van der Waals surface area contributed by atoms with Crippen molar-refractivity contribution in [2.75, 3.05) is 13.7 Å². The Morgan fingerprint density at radius 1 is 1.31 bits per heavy atom. The van der Waals surface area contributed by atoms with E-state index < -0.39 is 38.7 Å². The van der Waals surface area contributed by atoms with E-state index in [9.17, 15) is 18.0 Å². The molecule has 1 unspecified atom stereocenters. The average Bonchev–Trinajstić information content (AvgIpc) is 3.76. The summed E-state index contributed by atoms with van der Waals surface area (Å²) < 4.78 is 38.2. The molecule has 1 saturated heterocycles. The number of rotatable bonds is 9. The summed E-state index contributed by atoms with van der Waals surface area (Å²) in [5.41, 5.74) is -1.31. The number of hydrogen-bond donors (Lipinski definition) is 3. The molecule has 2 aliphatic carbocycles. The highest BCUT2D eigenvalue weighted by Gasteiger charge is 2.61. The van der Waals surface area contributed by atoms with Crippen LogP contribution in [0.2, 0.25) is 5.02 Å². The van der Waals surface area contributed by atoms with Gasteiger partial charge in [-0.2, -0.15) is 0 Å². The van der Waals surface area contributed by atoms with Gasteiger partial charge in [0.2, 0.25) is 21.8 Å². The molecule has 4 atom stereocenters. The fraction of sp³-hybridized carbons (Fsp3) is 0.458. The van der Waals surface area contributed by atoms with Gasteiger partial charge in [0, 0.05) is 34.7 Å². The van der Waals surface area contributed by atoms with Gasteiger partial charge in [0.05, 0.1) is 24.6 Å². The molecule has 12 heteroatoms. The normalized spacial score (nSPS) is 27.3. The second kappa shape index (κ2) is 9.20. The van der Waals surface area contributed by atoms with Gasteiger partial charge in [0.25, 0.3) is 5.91 Å². The minimum atomic E-state index is -3.73. The van der Waals surface area contributed by atoms with Crippen molar-refractivity contribution in [1.29, 1.82) is 0 Å². The van der Waals surface area contributed by atoms with Gasteiger partial charge < -0.3 is 20.1 Å². The summed E-state index contributed by atoms with van der Waals surface area (Å²) in [6, 6.07) is 4.70. The number of fused-ring (bicyclic) bond motifs is 1. The maximum atomic E-state index is 13.1. The molecule has 0 radical (unpaired) electrons. The van der Waals surface area contributed by atoms with E-state index in [0.29, 0.717) is 54.3 Å². The van der Waals surface area contributed by atoms with Crippen LogP contribution in [0.1, 0.15) is 25.7 Å². The molecule has 2 amide bonds. The van der Waals surface area contributed by atoms with Gasteiger partial charge in [0.15, 0.2) is 0 Å². The first kappa shape index (κ1) is 24.8. The number of hydrogen-bond acceptors (Lipinski definition) is 8. The van der Waals surface area contributed by atoms with E-state index >= 15 is 0 Å². The maximum absolute atomic E-state index is 13.1. The monoisotopic (exact) mass is 534 g/mol. The molecule has 3 aliphatic rings. The lowest BCUT2D eigenvalue weighted by Crippen LogP contribution is -2.55. The second-order valence-electron chi connectivity index (χ2n) is 9.44. The van der Waals surface area contributed by atoms with Crippen molar-refractivity contribution in [2.24, 2.45) is 5.92 Å². The predicted molar refractivity (Wildman–Crippen MR) is 133 cm³/mol. The summed E-state index contributed by atoms with van der Waals surface area (Å²) in [7, 11) is -2.18. The molecular weight excluding hydrogens is 508 g/mol. The molecule has 1 aromatic carbocycles. The lowest BCUT2D eigenvalue weighted by molar-refractivity contribution is -0.130. The molecule has 0 spiro atoms. The Morgan fingerprint density at radius 2 is 2.08 bits per heavy atom. The highest BCUT2D eigenvalue weighted by Crippen LogP contribution is 2.45. The molecule has 2 heterocycles. The third kappa shape index (κ3) is 4.62. The maximum Gasteiger partial charge on any atom is 0.259 e. The third-order valence-corrected chi connectivity index (χ3v) is 8.98. The van der Waals surface area contributed by atoms with Gasteiger partial charge >= 0.3 is 0 Å². The number of ether oxygens (including phenoxy) is 2. The smallest absolute Gasteiger partial charge is 0.259 e. The van der Waals surface area contributed by atoms with Crippen LogP contribution in [0.15, 0.2) is 37.1 Å². The fourth-order valence-corrected chi connectivity index (χ4v) is 6.13. The summed E-state index contributed by atoms with van der Waals surface area (Å²) >= 11 is 6.18. The summed E-state index contributed by atoms with van der Waals surface area (Å²) in [4.78, 5) is 30.3. The van der Waals surface area contributed by atoms with Gasteiger partial charge in [0.1, 0.15) is 17.4 Å². The van der Waals surface area contributed by atoms with E-state index in [1.54, 1.807) is 31.5 Å². The van der Waals surface area contributed by atoms with E-state index in [1.165, 1.54) is 0 Å². The van der Waals surface area contributed by atoms with Crippen LogP contribution in [-0.2, 0) is 19.6 Å². The topological polar surface area (TPSA) is 136 Å². The fourth-order valence-electron chi connectivity index (χ4n) is 4.59. The standard InChI is InChI=1S/C24H27ClN4O6S/c1-3-13-10-24(13,23(31)29-36(32,33)16-5-6-16)28-21(30)19-9-15(11-26-19)35-22-18-8-14(25)4-7-17(18)20(34-2)12-27-22/h3-4,7-8,12-13,15-16,19,26H,1,5-6,9-11H2,2H3,(H,28,30)(H,29,31)/t13-,15-,19?,24-/m1/s1. The van der Waals surface area contributed by atoms with E-state index in [0.717, 1.165) is 5.39 Å². The van der Waals surface area contributed by atoms with Gasteiger partial charge in [-0.05, 0) is 37.5 Å². The van der Waals surface area contributed by atoms with Crippen molar-refractivity contribution < 1.29 is 27.5 Å². The summed E-state index contributed by atoms with van der Waals surface area (Å²) in [6.07, 6.45) is 4.46. The Hall–Kier alpha value is -2.89. The number of nitrogens with one attached hydrogen (secondary N) is 3. The third-order valence-electron chi connectivity index (χ3n) is 6.93. The minimum Gasteiger partial charge on any atom is -0.494 e. The zero-order chi connectivity index (χ0) is 25.7. The van der Waals surface area contributed by atoms with Gasteiger partial charge in [-0.15, -0.1) is 6.58 Å². The number of carbonyl (C=O) groups excluding carboxylic acids is 2. The van der Waals surface area contributed by atoms with Crippen molar-refractivity contribution in [3.63, 3.8) is 0 Å². The van der Waals surface area contributed by atoms with Crippen LogP contribution in [-0.4, -0.2) is 61.8 Å². The highest BCUT2D eigenvalue weighted by molar-refractivity contribution is 7.91. The lowest BCUT2D eigenvalue weighted by Gasteiger charge is -2.21. The van der Waals surface area contributed by atoms with Crippen molar-refractivity contribution >= 4 is 44.2 Å². The first-order valence-electron chi connectivity index (χ1n) is 11.7. The highest BCUT2D eigenvalue weighted by atomic mass is 35.5. The minimum absolute atomic E-state index is 0.295. The molecular formula is C24H27ClN4O6S. The number of pyridine rings is 1. The molecule has 0 bridgehead atoms. The van der Waals surface area contributed by atoms with Crippen molar-refractivity contribution in [2.45, 2.75) is 48.6 Å². The molecule has 192 valence electrons. The number of nitrogens with zero attached hydrogens (tertiary/aromatic N) is 1. The predicted octanol–water partition coefficient (Wildman–Crippen LogP) is 1.68. The van der Waals surface area contributed by atoms with Crippen LogP contribution >= 0.6 is 11.6 Å². The largest absolute Gasteiger partial charge is 0.494 e. The number of sulfonamides is 1. The Kier molecular flexibility index (Phi) is 6.34. The van der Waals surface area contributed by atoms with Crippen LogP contribution in [0, 0.1) is 5.92 Å². The van der Waals surface area contributed by atoms with Gasteiger partial charge in [-0.1, -0.05) is 17.7 Å². The Morgan fingerprint density at radius 3 is 2.75 bits per heavy atom. The molecule has 2 aromatic rings. The SMILES string of the molecule is C=C[C@@H]1C[C@]1(NC(=O)C1C[C@@H](Oc2ncc(OC)c3ccc(Cl)cc23)CN1)C(=O)NS(=O)(=O)C1CC1. The molecule has 1 aliphatic heterocycles. The van der Waals surface area contributed by atoms with Crippen LogP contribution < -0.4 is 24.8 Å². The molecule has 5 rings (SSSR count). The lowest BCUT2D eigenvalue weighted by atomic mass is 10.1. The zero-order valence-corrected chi connectivity index (χ0v) is 21.2. The first-order valence-corrected chi connectivity index (χ1v) is 13.6. The number of benzene rings is 1.